The van der Waals surface area contributed by atoms with Crippen molar-refractivity contribution in [3.63, 3.8) is 0 Å². The van der Waals surface area contributed by atoms with Gasteiger partial charge in [0.15, 0.2) is 0 Å². The number of fused-ring (bicyclic) bond motifs is 4. The first-order chi connectivity index (χ1) is 19.7. The summed E-state index contributed by atoms with van der Waals surface area (Å²) in [7, 11) is 0. The number of hydrogen-bond acceptors (Lipinski definition) is 0. The van der Waals surface area contributed by atoms with Crippen LogP contribution in [-0.2, 0) is 6.42 Å². The number of halogens is 2. The highest BCUT2D eigenvalue weighted by molar-refractivity contribution is 9.11. The zero-order chi connectivity index (χ0) is 27.1. The largest absolute Gasteiger partial charge is 0.0836 e. The number of rotatable bonds is 0. The van der Waals surface area contributed by atoms with Gasteiger partial charge in [0.1, 0.15) is 0 Å². The lowest BCUT2D eigenvalue weighted by atomic mass is 9.88. The molecule has 6 aromatic rings. The van der Waals surface area contributed by atoms with Crippen molar-refractivity contribution in [2.24, 2.45) is 0 Å². The van der Waals surface area contributed by atoms with Gasteiger partial charge in [0.2, 0.25) is 0 Å². The highest BCUT2D eigenvalue weighted by Gasteiger charge is 2.14. The summed E-state index contributed by atoms with van der Waals surface area (Å²) in [5.74, 6) is 14.2. The third-order valence-electron chi connectivity index (χ3n) is 7.55. The minimum Gasteiger partial charge on any atom is -0.0836 e. The molecule has 0 saturated carbocycles. The Hall–Kier alpha value is -4.08. The molecule has 40 heavy (non-hydrogen) atoms. The summed E-state index contributed by atoms with van der Waals surface area (Å²) < 4.78 is 1.87. The van der Waals surface area contributed by atoms with E-state index in [9.17, 15) is 0 Å². The summed E-state index contributed by atoms with van der Waals surface area (Å²) >= 11 is 7.56. The van der Waals surface area contributed by atoms with E-state index in [-0.39, 0.29) is 0 Å². The molecule has 0 bridgehead atoms. The van der Waals surface area contributed by atoms with Crippen molar-refractivity contribution >= 4 is 70.3 Å². The molecule has 0 amide bonds. The average Bonchev–Trinajstić information content (AvgIpc) is 2.99. The molecule has 0 atom stereocenters. The Morgan fingerprint density at radius 2 is 0.975 bits per heavy atom. The van der Waals surface area contributed by atoms with Crippen molar-refractivity contribution in [2.45, 2.75) is 12.8 Å². The van der Waals surface area contributed by atoms with Gasteiger partial charge in [0, 0.05) is 20.1 Å². The Balaban J connectivity index is 1.44. The van der Waals surface area contributed by atoms with Crippen LogP contribution in [0.1, 0.15) is 39.8 Å². The Morgan fingerprint density at radius 1 is 0.500 bits per heavy atom. The standard InChI is InChI=1S/C38H22Br2/c39-37-21-22-38(40)36(20-18-34-31-15-7-3-11-27(31)24-28-12-4-8-16-32(28)34)35(37)19-17-33-29-13-5-1-9-25(29)23-26-10-2-6-14-30(26)33/h1-7,9-15,21-24H,8,16H2. The Morgan fingerprint density at radius 3 is 1.57 bits per heavy atom. The first-order valence-electron chi connectivity index (χ1n) is 13.3. The topological polar surface area (TPSA) is 0 Å². The van der Waals surface area contributed by atoms with Gasteiger partial charge in [-0.05, 0) is 112 Å². The predicted octanol–water partition coefficient (Wildman–Crippen LogP) is 10.4. The second-order valence-corrected chi connectivity index (χ2v) is 11.7. The lowest BCUT2D eigenvalue weighted by Gasteiger charge is -2.15. The fourth-order valence-corrected chi connectivity index (χ4v) is 6.46. The van der Waals surface area contributed by atoms with E-state index >= 15 is 0 Å². The van der Waals surface area contributed by atoms with Crippen molar-refractivity contribution in [1.82, 2.24) is 0 Å². The van der Waals surface area contributed by atoms with E-state index in [4.69, 9.17) is 0 Å². The quantitative estimate of drug-likeness (QED) is 0.115. The first-order valence-corrected chi connectivity index (χ1v) is 14.9. The van der Waals surface area contributed by atoms with Crippen LogP contribution in [0.2, 0.25) is 0 Å². The molecule has 0 aromatic heterocycles. The summed E-state index contributed by atoms with van der Waals surface area (Å²) in [5.41, 5.74) is 6.52. The highest BCUT2D eigenvalue weighted by atomic mass is 79.9. The second-order valence-electron chi connectivity index (χ2n) is 9.95. The molecule has 1 aliphatic rings. The third-order valence-corrected chi connectivity index (χ3v) is 8.87. The molecule has 0 nitrogen and oxygen atoms in total. The summed E-state index contributed by atoms with van der Waals surface area (Å²) in [6, 6.07) is 34.1. The molecule has 1 aliphatic carbocycles. The Bertz CT molecular complexity index is 2090. The van der Waals surface area contributed by atoms with Gasteiger partial charge in [0.25, 0.3) is 0 Å². The van der Waals surface area contributed by atoms with Crippen molar-refractivity contribution in [3.05, 3.63) is 145 Å². The maximum Gasteiger partial charge on any atom is 0.0559 e. The summed E-state index contributed by atoms with van der Waals surface area (Å²) in [6.07, 6.45) is 6.53. The molecule has 0 N–H and O–H groups in total. The van der Waals surface area contributed by atoms with E-state index in [0.29, 0.717) is 0 Å². The molecular weight excluding hydrogens is 616 g/mol. The van der Waals surface area contributed by atoms with Crippen LogP contribution in [0.15, 0.2) is 112 Å². The van der Waals surface area contributed by atoms with Gasteiger partial charge in [-0.15, -0.1) is 0 Å². The van der Waals surface area contributed by atoms with E-state index in [1.165, 1.54) is 32.7 Å². The summed E-state index contributed by atoms with van der Waals surface area (Å²) in [6.45, 7) is 0. The van der Waals surface area contributed by atoms with E-state index < -0.39 is 0 Å². The van der Waals surface area contributed by atoms with Crippen LogP contribution < -0.4 is 0 Å². The molecule has 0 saturated heterocycles. The van der Waals surface area contributed by atoms with Gasteiger partial charge in [-0.1, -0.05) is 109 Å². The number of allylic oxidation sites excluding steroid dienone is 1. The Labute approximate surface area is 251 Å². The van der Waals surface area contributed by atoms with Crippen molar-refractivity contribution in [1.29, 1.82) is 0 Å². The van der Waals surface area contributed by atoms with E-state index in [1.54, 1.807) is 0 Å². The molecule has 0 unspecified atom stereocenters. The molecule has 7 rings (SSSR count). The molecule has 188 valence electrons. The molecular formula is C38H22Br2. The van der Waals surface area contributed by atoms with Crippen molar-refractivity contribution in [2.75, 3.05) is 0 Å². The SMILES string of the molecule is Brc1ccc(Br)c(C#Cc2c3ccccc3cc3ccccc23)c1C#Cc1c2c(cc3ccccc13)C=CCC2. The van der Waals surface area contributed by atoms with Gasteiger partial charge in [-0.3, -0.25) is 0 Å². The minimum absolute atomic E-state index is 0.882. The average molecular weight is 638 g/mol. The lowest BCUT2D eigenvalue weighted by molar-refractivity contribution is 0.985. The van der Waals surface area contributed by atoms with Crippen LogP contribution >= 0.6 is 31.9 Å². The van der Waals surface area contributed by atoms with Gasteiger partial charge in [0.05, 0.1) is 11.1 Å². The van der Waals surface area contributed by atoms with Crippen LogP contribution in [0.25, 0.3) is 38.4 Å². The second kappa shape index (κ2) is 10.5. The summed E-state index contributed by atoms with van der Waals surface area (Å²) in [4.78, 5) is 0. The number of benzene rings is 6. The van der Waals surface area contributed by atoms with Gasteiger partial charge >= 0.3 is 0 Å². The van der Waals surface area contributed by atoms with Crippen LogP contribution in [-0.4, -0.2) is 0 Å². The van der Waals surface area contributed by atoms with Crippen LogP contribution in [0.4, 0.5) is 0 Å². The van der Waals surface area contributed by atoms with Crippen molar-refractivity contribution < 1.29 is 0 Å². The predicted molar refractivity (Wildman–Crippen MR) is 177 cm³/mol. The van der Waals surface area contributed by atoms with E-state index in [2.05, 4.69) is 153 Å². The zero-order valence-electron chi connectivity index (χ0n) is 21.6. The summed E-state index contributed by atoms with van der Waals surface area (Å²) in [5, 5.41) is 7.10. The maximum atomic E-state index is 3.78. The first kappa shape index (κ1) is 24.9. The normalized spacial score (nSPS) is 12.1. The van der Waals surface area contributed by atoms with E-state index in [1.807, 2.05) is 12.1 Å². The fraction of sp³-hybridized carbons (Fsp3) is 0.0526. The smallest absolute Gasteiger partial charge is 0.0559 e. The maximum absolute atomic E-state index is 3.78. The zero-order valence-corrected chi connectivity index (χ0v) is 24.7. The van der Waals surface area contributed by atoms with Crippen LogP contribution in [0.3, 0.4) is 0 Å². The molecule has 2 heteroatoms. The lowest BCUT2D eigenvalue weighted by Crippen LogP contribution is -1.99. The van der Waals surface area contributed by atoms with Gasteiger partial charge < -0.3 is 0 Å². The fourth-order valence-electron chi connectivity index (χ4n) is 5.61. The molecule has 6 aromatic carbocycles. The van der Waals surface area contributed by atoms with Crippen molar-refractivity contribution in [3.8, 4) is 23.7 Å². The molecule has 0 heterocycles. The molecule has 0 fully saturated rings. The molecule has 0 spiro atoms. The molecule has 0 aliphatic heterocycles. The van der Waals surface area contributed by atoms with Crippen LogP contribution in [0.5, 0.6) is 0 Å². The molecule has 0 radical (unpaired) electrons. The van der Waals surface area contributed by atoms with Gasteiger partial charge in [-0.2, -0.15) is 0 Å². The van der Waals surface area contributed by atoms with Gasteiger partial charge in [-0.25, -0.2) is 0 Å². The number of hydrogen-bond donors (Lipinski definition) is 0. The van der Waals surface area contributed by atoms with Crippen LogP contribution in [0, 0.1) is 23.7 Å². The monoisotopic (exact) mass is 636 g/mol. The minimum atomic E-state index is 0.882. The van der Waals surface area contributed by atoms with E-state index in [0.717, 1.165) is 54.8 Å². The third kappa shape index (κ3) is 4.45. The highest BCUT2D eigenvalue weighted by Crippen LogP contribution is 2.32. The Kier molecular flexibility index (Phi) is 6.53.